The van der Waals surface area contributed by atoms with Crippen molar-refractivity contribution in [3.8, 4) is 5.75 Å². The van der Waals surface area contributed by atoms with Gasteiger partial charge in [0.25, 0.3) is 0 Å². The van der Waals surface area contributed by atoms with Crippen LogP contribution in [-0.4, -0.2) is 19.7 Å². The minimum absolute atomic E-state index is 0.0504. The van der Waals surface area contributed by atoms with Crippen molar-refractivity contribution in [1.29, 1.82) is 0 Å². The van der Waals surface area contributed by atoms with Crippen LogP contribution in [0.2, 0.25) is 0 Å². The third-order valence-corrected chi connectivity index (χ3v) is 2.51. The van der Waals surface area contributed by atoms with Gasteiger partial charge in [0, 0.05) is 0 Å². The first-order valence-electron chi connectivity index (χ1n) is 4.80. The molecule has 0 aliphatic heterocycles. The molecule has 1 aromatic rings. The third-order valence-electron chi connectivity index (χ3n) is 1.90. The van der Waals surface area contributed by atoms with Crippen molar-refractivity contribution >= 4 is 21.9 Å². The molecule has 0 spiro atoms. The highest BCUT2D eigenvalue weighted by atomic mass is 79.9. The van der Waals surface area contributed by atoms with Crippen LogP contribution in [0.3, 0.4) is 0 Å². The first kappa shape index (κ1) is 13.7. The molecule has 17 heavy (non-hydrogen) atoms. The Labute approximate surface area is 107 Å². The van der Waals surface area contributed by atoms with Gasteiger partial charge in [-0.3, -0.25) is 0 Å². The van der Waals surface area contributed by atoms with E-state index in [-0.39, 0.29) is 22.4 Å². The minimum atomic E-state index is -0.645. The van der Waals surface area contributed by atoms with E-state index in [0.29, 0.717) is 0 Å². The summed E-state index contributed by atoms with van der Waals surface area (Å²) in [5.74, 6) is -0.936. The van der Waals surface area contributed by atoms with Crippen molar-refractivity contribution < 1.29 is 18.7 Å². The number of esters is 1. The summed E-state index contributed by atoms with van der Waals surface area (Å²) in [5, 5.41) is 0. The molecule has 0 amide bonds. The second kappa shape index (κ2) is 5.82. The zero-order valence-electron chi connectivity index (χ0n) is 9.55. The van der Waals surface area contributed by atoms with Crippen molar-refractivity contribution in [3.63, 3.8) is 0 Å². The molecule has 0 atom stereocenters. The van der Waals surface area contributed by atoms with Crippen LogP contribution in [0.4, 0.5) is 4.39 Å². The number of hydrogen-bond acceptors (Lipinski definition) is 3. The van der Waals surface area contributed by atoms with Crippen molar-refractivity contribution in [3.05, 3.63) is 40.1 Å². The van der Waals surface area contributed by atoms with Crippen molar-refractivity contribution in [1.82, 2.24) is 0 Å². The Kier molecular flexibility index (Phi) is 4.69. The molecule has 1 aromatic carbocycles. The van der Waals surface area contributed by atoms with Crippen LogP contribution in [0.25, 0.3) is 0 Å². The Bertz CT molecular complexity index is 457. The van der Waals surface area contributed by atoms with E-state index in [4.69, 9.17) is 4.74 Å². The maximum atomic E-state index is 13.3. The minimum Gasteiger partial charge on any atom is -0.488 e. The predicted molar refractivity (Wildman–Crippen MR) is 65.7 cm³/mol. The number of halogens is 2. The van der Waals surface area contributed by atoms with Crippen LogP contribution < -0.4 is 4.74 Å². The summed E-state index contributed by atoms with van der Waals surface area (Å²) in [7, 11) is 1.23. The Morgan fingerprint density at radius 2 is 2.18 bits per heavy atom. The maximum absolute atomic E-state index is 13.3. The molecule has 0 N–H and O–H groups in total. The van der Waals surface area contributed by atoms with Gasteiger partial charge in [-0.2, -0.15) is 0 Å². The number of carbonyl (C=O) groups excluding carboxylic acids is 1. The molecule has 0 heterocycles. The summed E-state index contributed by atoms with van der Waals surface area (Å²) in [6, 6.07) is 2.47. The normalized spacial score (nSPS) is 9.88. The molecule has 0 aliphatic rings. The molecule has 0 saturated carbocycles. The van der Waals surface area contributed by atoms with Gasteiger partial charge in [-0.05, 0) is 40.6 Å². The molecular weight excluding hydrogens is 291 g/mol. The van der Waals surface area contributed by atoms with Gasteiger partial charge in [0.15, 0.2) is 0 Å². The molecule has 0 unspecified atom stereocenters. The van der Waals surface area contributed by atoms with Crippen LogP contribution in [0, 0.1) is 5.82 Å². The monoisotopic (exact) mass is 302 g/mol. The van der Waals surface area contributed by atoms with Gasteiger partial charge in [-0.1, -0.05) is 6.58 Å². The number of benzene rings is 1. The fourth-order valence-corrected chi connectivity index (χ4v) is 1.44. The SMILES string of the molecule is C=C(C)COc1cc(Br)c(F)cc1C(=O)OC. The number of carbonyl (C=O) groups is 1. The van der Waals surface area contributed by atoms with Crippen molar-refractivity contribution in [2.75, 3.05) is 13.7 Å². The number of methoxy groups -OCH3 is 1. The maximum Gasteiger partial charge on any atom is 0.341 e. The molecule has 0 aliphatic carbocycles. The van der Waals surface area contributed by atoms with Gasteiger partial charge < -0.3 is 9.47 Å². The molecule has 0 radical (unpaired) electrons. The first-order chi connectivity index (χ1) is 7.95. The van der Waals surface area contributed by atoms with E-state index in [1.54, 1.807) is 6.92 Å². The average Bonchev–Trinajstić information content (AvgIpc) is 2.29. The highest BCUT2D eigenvalue weighted by Crippen LogP contribution is 2.27. The summed E-state index contributed by atoms with van der Waals surface area (Å²) in [6.45, 7) is 5.72. The number of hydrogen-bond donors (Lipinski definition) is 0. The third kappa shape index (κ3) is 3.56. The van der Waals surface area contributed by atoms with Crippen LogP contribution >= 0.6 is 15.9 Å². The van der Waals surface area contributed by atoms with Gasteiger partial charge in [0.1, 0.15) is 23.7 Å². The fraction of sp³-hybridized carbons (Fsp3) is 0.250. The van der Waals surface area contributed by atoms with E-state index < -0.39 is 11.8 Å². The van der Waals surface area contributed by atoms with Gasteiger partial charge in [0.2, 0.25) is 0 Å². The van der Waals surface area contributed by atoms with Crippen LogP contribution in [0.1, 0.15) is 17.3 Å². The molecule has 0 saturated heterocycles. The molecule has 0 fully saturated rings. The van der Waals surface area contributed by atoms with Crippen molar-refractivity contribution in [2.45, 2.75) is 6.92 Å². The summed E-state index contributed by atoms with van der Waals surface area (Å²) >= 11 is 3.03. The second-order valence-electron chi connectivity index (χ2n) is 3.50. The molecule has 1 rings (SSSR count). The number of rotatable bonds is 4. The number of ether oxygens (including phenoxy) is 2. The summed E-state index contributed by atoms with van der Waals surface area (Å²) in [4.78, 5) is 11.4. The predicted octanol–water partition coefficient (Wildman–Crippen LogP) is 3.33. The van der Waals surface area contributed by atoms with Crippen LogP contribution in [-0.2, 0) is 4.74 Å². The van der Waals surface area contributed by atoms with Crippen molar-refractivity contribution in [2.24, 2.45) is 0 Å². The van der Waals surface area contributed by atoms with E-state index in [1.165, 1.54) is 13.2 Å². The quantitative estimate of drug-likeness (QED) is 0.632. The van der Waals surface area contributed by atoms with E-state index >= 15 is 0 Å². The Morgan fingerprint density at radius 3 is 2.71 bits per heavy atom. The lowest BCUT2D eigenvalue weighted by atomic mass is 10.2. The largest absolute Gasteiger partial charge is 0.488 e. The molecule has 3 nitrogen and oxygen atoms in total. The lowest BCUT2D eigenvalue weighted by Crippen LogP contribution is -2.08. The highest BCUT2D eigenvalue weighted by molar-refractivity contribution is 9.10. The smallest absolute Gasteiger partial charge is 0.341 e. The first-order valence-corrected chi connectivity index (χ1v) is 5.59. The lowest BCUT2D eigenvalue weighted by Gasteiger charge is -2.11. The Balaban J connectivity index is 3.11. The average molecular weight is 303 g/mol. The Hall–Kier alpha value is -1.36. The van der Waals surface area contributed by atoms with E-state index in [0.717, 1.165) is 11.6 Å². The van der Waals surface area contributed by atoms with Gasteiger partial charge in [0.05, 0.1) is 11.6 Å². The van der Waals surface area contributed by atoms with Gasteiger partial charge in [-0.15, -0.1) is 0 Å². The standard InChI is InChI=1S/C12H12BrFO3/c1-7(2)6-17-11-5-9(13)10(14)4-8(11)12(15)16-3/h4-5H,1,6H2,2-3H3. The van der Waals surface area contributed by atoms with Crippen LogP contribution in [0.15, 0.2) is 28.8 Å². The van der Waals surface area contributed by atoms with Gasteiger partial charge in [-0.25, -0.2) is 9.18 Å². The molecule has 0 aromatic heterocycles. The van der Waals surface area contributed by atoms with Crippen LogP contribution in [0.5, 0.6) is 5.75 Å². The Morgan fingerprint density at radius 1 is 1.53 bits per heavy atom. The molecule has 0 bridgehead atoms. The molecular formula is C12H12BrFO3. The zero-order chi connectivity index (χ0) is 13.0. The van der Waals surface area contributed by atoms with E-state index in [2.05, 4.69) is 27.2 Å². The topological polar surface area (TPSA) is 35.5 Å². The lowest BCUT2D eigenvalue weighted by molar-refractivity contribution is 0.0595. The van der Waals surface area contributed by atoms with E-state index in [9.17, 15) is 9.18 Å². The molecule has 5 heteroatoms. The summed E-state index contributed by atoms with van der Waals surface area (Å²) in [5.41, 5.74) is 0.843. The summed E-state index contributed by atoms with van der Waals surface area (Å²) < 4.78 is 23.5. The summed E-state index contributed by atoms with van der Waals surface area (Å²) in [6.07, 6.45) is 0. The molecule has 92 valence electrons. The van der Waals surface area contributed by atoms with E-state index in [1.807, 2.05) is 0 Å². The van der Waals surface area contributed by atoms with Gasteiger partial charge >= 0.3 is 5.97 Å². The zero-order valence-corrected chi connectivity index (χ0v) is 11.1. The second-order valence-corrected chi connectivity index (χ2v) is 4.35. The highest BCUT2D eigenvalue weighted by Gasteiger charge is 2.16. The fourth-order valence-electron chi connectivity index (χ4n) is 1.12.